The van der Waals surface area contributed by atoms with E-state index in [-0.39, 0.29) is 30.2 Å². The topological polar surface area (TPSA) is 116 Å². The van der Waals surface area contributed by atoms with Gasteiger partial charge < -0.3 is 4.57 Å². The molecule has 0 aliphatic carbocycles. The predicted molar refractivity (Wildman–Crippen MR) is 137 cm³/mol. The van der Waals surface area contributed by atoms with Crippen LogP contribution in [0.5, 0.6) is 0 Å². The first-order valence-electron chi connectivity index (χ1n) is 10.1. The average Bonchev–Trinajstić information content (AvgIpc) is 3.14. The molecule has 3 rings (SSSR count). The number of rotatable bonds is 6. The first kappa shape index (κ1) is 28.2. The molecule has 1 aromatic heterocycles. The van der Waals surface area contributed by atoms with Gasteiger partial charge in [-0.05, 0) is 63.1 Å². The summed E-state index contributed by atoms with van der Waals surface area (Å²) < 4.78 is 1.92. The molecule has 0 atom stereocenters. The quantitative estimate of drug-likeness (QED) is 0.138. The van der Waals surface area contributed by atoms with Crippen LogP contribution in [-0.4, -0.2) is 25.8 Å². The van der Waals surface area contributed by atoms with Crippen molar-refractivity contribution in [2.45, 2.75) is 27.7 Å². The number of nitro benzene ring substituents is 2. The fourth-order valence-electron chi connectivity index (χ4n) is 3.61. The molecule has 0 aliphatic heterocycles. The van der Waals surface area contributed by atoms with Crippen molar-refractivity contribution in [2.75, 3.05) is 0 Å². The Bertz CT molecular complexity index is 1270. The van der Waals surface area contributed by atoms with Crippen LogP contribution in [0.2, 0.25) is 0 Å². The van der Waals surface area contributed by atoms with Gasteiger partial charge in [0.2, 0.25) is 0 Å². The predicted octanol–water partition coefficient (Wildman–Crippen LogP) is 7.12. The third-order valence-electron chi connectivity index (χ3n) is 4.97. The van der Waals surface area contributed by atoms with Crippen molar-refractivity contribution in [3.63, 3.8) is 0 Å². The Kier molecular flexibility index (Phi) is 10.2. The number of benzene rings is 2. The molecule has 186 valence electrons. The first-order valence-corrected chi connectivity index (χ1v) is 13.1. The van der Waals surface area contributed by atoms with Gasteiger partial charge in [-0.15, -0.1) is 0 Å². The molecule has 35 heavy (non-hydrogen) atoms. The number of nitro groups is 2. The number of halogens is 2. The molecule has 0 amide bonds. The minimum absolute atomic E-state index is 0.145. The number of aromatic nitrogens is 1. The summed E-state index contributed by atoms with van der Waals surface area (Å²) >= 11 is 0.194. The summed E-state index contributed by atoms with van der Waals surface area (Å²) in [7, 11) is 11.4. The molecule has 0 spiro atoms. The Morgan fingerprint density at radius 2 is 1.17 bits per heavy atom. The van der Waals surface area contributed by atoms with Crippen LogP contribution in [-0.2, 0) is 20.2 Å². The van der Waals surface area contributed by atoms with Gasteiger partial charge in [-0.1, -0.05) is 6.07 Å². The molecule has 0 saturated heterocycles. The third-order valence-corrected chi connectivity index (χ3v) is 4.97. The molecule has 2 aromatic carbocycles. The second-order valence-electron chi connectivity index (χ2n) is 7.68. The third kappa shape index (κ3) is 7.73. The maximum atomic E-state index is 11.1. The van der Waals surface area contributed by atoms with Crippen LogP contribution < -0.4 is 0 Å². The van der Waals surface area contributed by atoms with Crippen molar-refractivity contribution in [3.05, 3.63) is 91.3 Å². The summed E-state index contributed by atoms with van der Waals surface area (Å²) in [6.07, 6.45) is 0. The van der Waals surface area contributed by atoms with Crippen LogP contribution >= 0.6 is 20.2 Å². The minimum atomic E-state index is -0.672. The number of non-ortho nitro benzene ring substituents is 2. The summed E-state index contributed by atoms with van der Waals surface area (Å²) in [5.41, 5.74) is 5.57. The van der Waals surface area contributed by atoms with E-state index in [9.17, 15) is 20.2 Å². The van der Waals surface area contributed by atoms with E-state index < -0.39 is 9.85 Å². The molecule has 0 saturated carbocycles. The normalized spacial score (nSPS) is 11.7. The second-order valence-corrected chi connectivity index (χ2v) is 9.50. The van der Waals surface area contributed by atoms with E-state index in [1.807, 2.05) is 56.7 Å². The Balaban J connectivity index is 0.00000137. The molecule has 0 N–H and O–H groups in total. The van der Waals surface area contributed by atoms with E-state index >= 15 is 0 Å². The molecule has 0 bridgehead atoms. The summed E-state index contributed by atoms with van der Waals surface area (Å²) in [6.45, 7) is 7.73. The Hall–Kier alpha value is -3.04. The van der Waals surface area contributed by atoms with E-state index in [0.29, 0.717) is 5.71 Å². The summed E-state index contributed by atoms with van der Waals surface area (Å²) in [5, 5.41) is 22.3. The van der Waals surface area contributed by atoms with Gasteiger partial charge >= 0.3 is 33.3 Å². The molecule has 12 heteroatoms. The fourth-order valence-corrected chi connectivity index (χ4v) is 3.61. The van der Waals surface area contributed by atoms with Crippen LogP contribution in [0.3, 0.4) is 0 Å². The molecule has 0 unspecified atom stereocenters. The number of aryl methyl sites for hydroxylation is 2. The van der Waals surface area contributed by atoms with Gasteiger partial charge in [0.15, 0.2) is 0 Å². The molecular formula is C23H23Cl2FeN5O4. The van der Waals surface area contributed by atoms with E-state index in [1.54, 1.807) is 6.92 Å². The maximum absolute atomic E-state index is 11.1. The van der Waals surface area contributed by atoms with Crippen molar-refractivity contribution in [1.29, 1.82) is 0 Å². The molecule has 0 radical (unpaired) electrons. The van der Waals surface area contributed by atoms with Crippen LogP contribution in [0.15, 0.2) is 58.5 Å². The number of hydrogen-bond acceptors (Lipinski definition) is 6. The average molecular weight is 560 g/mol. The molecule has 0 aliphatic rings. The Morgan fingerprint density at radius 1 is 0.800 bits per heavy atom. The molecule has 1 heterocycles. The van der Waals surface area contributed by atoms with Gasteiger partial charge in [-0.3, -0.25) is 30.2 Å². The van der Waals surface area contributed by atoms with Crippen LogP contribution in [0.25, 0.3) is 0 Å². The standard InChI is InChI=1S/C23H23N5O4.2ClH.Fe/c1-14-8-15(2)10-18(9-14)24-16(3)22-6-7-23(26(22)5)17(4)25-19-11-20(27(29)30)13-21(12-19)28(31)32;;;/h6-13H,1-5H3;2*1H;/q;;;+2/p-2. The zero-order chi connectivity index (χ0) is 26.3. The van der Waals surface area contributed by atoms with Crippen molar-refractivity contribution in [3.8, 4) is 0 Å². The van der Waals surface area contributed by atoms with E-state index in [1.165, 1.54) is 12.1 Å². The van der Waals surface area contributed by atoms with Gasteiger partial charge in [0, 0.05) is 19.2 Å². The van der Waals surface area contributed by atoms with Gasteiger partial charge in [0.05, 0.1) is 50.1 Å². The molecule has 3 aromatic rings. The molecule has 0 fully saturated rings. The molecular weight excluding hydrogens is 537 g/mol. The van der Waals surface area contributed by atoms with Crippen LogP contribution in [0, 0.1) is 34.1 Å². The number of hydrogen-bond donors (Lipinski definition) is 0. The van der Waals surface area contributed by atoms with Crippen molar-refractivity contribution in [1.82, 2.24) is 4.57 Å². The summed E-state index contributed by atoms with van der Waals surface area (Å²) in [4.78, 5) is 30.0. The van der Waals surface area contributed by atoms with Gasteiger partial charge in [0.25, 0.3) is 11.4 Å². The number of nitrogens with zero attached hydrogens (tertiary/aromatic N) is 5. The Morgan fingerprint density at radius 3 is 1.54 bits per heavy atom. The Labute approximate surface area is 217 Å². The van der Waals surface area contributed by atoms with Gasteiger partial charge in [0.1, 0.15) is 0 Å². The zero-order valence-corrected chi connectivity index (χ0v) is 22.2. The van der Waals surface area contributed by atoms with Crippen molar-refractivity contribution >= 4 is 54.4 Å². The molecule has 9 nitrogen and oxygen atoms in total. The number of aliphatic imine (C=N–C) groups is 2. The van der Waals surface area contributed by atoms with E-state index in [0.717, 1.165) is 40.0 Å². The SMILES string of the molecule is CC(=Nc1cc(C)cc(C)c1)c1ccc(C(C)=Nc2cc([N+](=O)[O-])cc([N+](=O)[O-])c2)n1C.[Cl][Fe][Cl]. The van der Waals surface area contributed by atoms with Crippen molar-refractivity contribution < 1.29 is 23.0 Å². The van der Waals surface area contributed by atoms with Crippen LogP contribution in [0.1, 0.15) is 36.4 Å². The van der Waals surface area contributed by atoms with Crippen molar-refractivity contribution in [2.24, 2.45) is 17.0 Å². The van der Waals surface area contributed by atoms with E-state index in [4.69, 9.17) is 25.2 Å². The monoisotopic (exact) mass is 559 g/mol. The van der Waals surface area contributed by atoms with Gasteiger partial charge in [-0.25, -0.2) is 0 Å². The zero-order valence-electron chi connectivity index (χ0n) is 19.6. The fraction of sp³-hybridized carbons (Fsp3) is 0.217. The second kappa shape index (κ2) is 12.6. The van der Waals surface area contributed by atoms with E-state index in [2.05, 4.69) is 11.1 Å². The summed E-state index contributed by atoms with van der Waals surface area (Å²) in [6, 6.07) is 13.3. The van der Waals surface area contributed by atoms with Gasteiger partial charge in [-0.2, -0.15) is 0 Å². The summed E-state index contributed by atoms with van der Waals surface area (Å²) in [5.74, 6) is 0. The van der Waals surface area contributed by atoms with Crippen LogP contribution in [0.4, 0.5) is 22.7 Å². The first-order chi connectivity index (χ1) is 16.5.